The maximum absolute atomic E-state index is 13.8. The number of amides is 1. The zero-order valence-electron chi connectivity index (χ0n) is 19.1. The van der Waals surface area contributed by atoms with Gasteiger partial charge in [0, 0.05) is 60.9 Å². The van der Waals surface area contributed by atoms with Gasteiger partial charge in [-0.15, -0.1) is 11.3 Å². The van der Waals surface area contributed by atoms with Gasteiger partial charge in [0.05, 0.1) is 31.8 Å². The van der Waals surface area contributed by atoms with Gasteiger partial charge >= 0.3 is 0 Å². The number of nitrogens with zero attached hydrogens (tertiary/aromatic N) is 4. The van der Waals surface area contributed by atoms with Gasteiger partial charge in [0.15, 0.2) is 0 Å². The molecule has 0 unspecified atom stereocenters. The lowest BCUT2D eigenvalue weighted by molar-refractivity contribution is -0.142. The minimum absolute atomic E-state index is 0.000426. The summed E-state index contributed by atoms with van der Waals surface area (Å²) in [4.78, 5) is 35.8. The Morgan fingerprint density at radius 1 is 1.26 bits per heavy atom. The van der Waals surface area contributed by atoms with Gasteiger partial charge in [-0.1, -0.05) is 6.08 Å². The van der Waals surface area contributed by atoms with Crippen LogP contribution in [0.5, 0.6) is 0 Å². The van der Waals surface area contributed by atoms with E-state index in [1.165, 1.54) is 0 Å². The Balaban J connectivity index is 1.40. The molecule has 0 saturated carbocycles. The number of likely N-dealkylation sites (tertiary alicyclic amines) is 1. The largest absolute Gasteiger partial charge is 0.396 e. The number of carbonyl (C=O) groups excluding carboxylic acids is 1. The van der Waals surface area contributed by atoms with E-state index in [0.717, 1.165) is 41.1 Å². The second-order valence-electron chi connectivity index (χ2n) is 9.65. The number of rotatable bonds is 5. The molecule has 1 amide bonds. The molecule has 9 heteroatoms. The van der Waals surface area contributed by atoms with Gasteiger partial charge in [0.1, 0.15) is 5.01 Å². The maximum Gasteiger partial charge on any atom is 0.258 e. The average molecular weight is 483 g/mol. The maximum atomic E-state index is 13.8. The zero-order chi connectivity index (χ0) is 23.2. The molecule has 8 nitrogen and oxygen atoms in total. The van der Waals surface area contributed by atoms with E-state index in [4.69, 9.17) is 4.74 Å². The quantitative estimate of drug-likeness (QED) is 0.701. The predicted molar refractivity (Wildman–Crippen MR) is 128 cm³/mol. The second kappa shape index (κ2) is 9.03. The topological polar surface area (TPSA) is 87.9 Å². The molecule has 3 aliphatic heterocycles. The molecule has 5 heterocycles. The van der Waals surface area contributed by atoms with Crippen LogP contribution in [0.1, 0.15) is 41.6 Å². The average Bonchev–Trinajstić information content (AvgIpc) is 3.65. The van der Waals surface area contributed by atoms with Crippen LogP contribution in [0.3, 0.4) is 0 Å². The number of aromatic nitrogens is 2. The standard InChI is InChI=1S/C25H30N4O4S/c30-15-19-18-13-28-20(6-5-17(24(28)31)16-3-1-2-4-16)22(18)29(14-21-26-7-12-34-21)23(19)25(32)27-8-10-33-11-9-27/h3,5-7,12,18-19,22-23,30H,1-2,4,8-11,13-15H2/t18-,19-,22+,23-/m1/s1. The molecule has 180 valence electrons. The molecule has 2 aromatic heterocycles. The molecule has 4 aliphatic rings. The van der Waals surface area contributed by atoms with Crippen LogP contribution in [0.4, 0.5) is 0 Å². The fraction of sp³-hybridized carbons (Fsp3) is 0.560. The monoisotopic (exact) mass is 482 g/mol. The minimum atomic E-state index is -0.442. The van der Waals surface area contributed by atoms with Gasteiger partial charge in [-0.2, -0.15) is 0 Å². The SMILES string of the molecule is O=C([C@H]1[C@H](CO)[C@H]2Cn3c(ccc(C4=CCCC4)c3=O)[C@H]2N1Cc1nccs1)N1CCOCC1. The highest BCUT2D eigenvalue weighted by Gasteiger charge is 2.56. The molecular weight excluding hydrogens is 452 g/mol. The Morgan fingerprint density at radius 2 is 2.12 bits per heavy atom. The van der Waals surface area contributed by atoms with Crippen molar-refractivity contribution in [3.8, 4) is 0 Å². The van der Waals surface area contributed by atoms with Crippen molar-refractivity contribution in [1.29, 1.82) is 0 Å². The zero-order valence-corrected chi connectivity index (χ0v) is 20.0. The van der Waals surface area contributed by atoms with Crippen LogP contribution in [0.25, 0.3) is 5.57 Å². The summed E-state index contributed by atoms with van der Waals surface area (Å²) in [6.07, 6.45) is 7.04. The third-order valence-corrected chi connectivity index (χ3v) is 8.72. The van der Waals surface area contributed by atoms with Gasteiger partial charge in [0.25, 0.3) is 5.56 Å². The van der Waals surface area contributed by atoms with Crippen LogP contribution in [-0.2, 0) is 22.6 Å². The van der Waals surface area contributed by atoms with Crippen molar-refractivity contribution in [2.75, 3.05) is 32.9 Å². The Morgan fingerprint density at radius 3 is 2.82 bits per heavy atom. The summed E-state index contributed by atoms with van der Waals surface area (Å²) in [5.41, 5.74) is 2.96. The van der Waals surface area contributed by atoms with Gasteiger partial charge in [-0.25, -0.2) is 4.98 Å². The third kappa shape index (κ3) is 3.57. The molecule has 6 rings (SSSR count). The van der Waals surface area contributed by atoms with Crippen LogP contribution in [-0.4, -0.2) is 69.3 Å². The highest BCUT2D eigenvalue weighted by molar-refractivity contribution is 7.09. The Hall–Kier alpha value is -2.33. The van der Waals surface area contributed by atoms with Crippen LogP contribution in [0.15, 0.2) is 34.6 Å². The van der Waals surface area contributed by atoms with Gasteiger partial charge in [-0.3, -0.25) is 14.5 Å². The van der Waals surface area contributed by atoms with Crippen molar-refractivity contribution in [2.24, 2.45) is 11.8 Å². The van der Waals surface area contributed by atoms with Crippen molar-refractivity contribution >= 4 is 22.8 Å². The highest BCUT2D eigenvalue weighted by Crippen LogP contribution is 2.50. The number of carbonyl (C=O) groups is 1. The van der Waals surface area contributed by atoms with Crippen molar-refractivity contribution in [3.05, 3.63) is 56.4 Å². The number of hydrogen-bond donors (Lipinski definition) is 1. The Kier molecular flexibility index (Phi) is 5.89. The van der Waals surface area contributed by atoms with Gasteiger partial charge in [-0.05, 0) is 37.0 Å². The van der Waals surface area contributed by atoms with E-state index in [1.807, 2.05) is 20.9 Å². The van der Waals surface area contributed by atoms with E-state index < -0.39 is 6.04 Å². The lowest BCUT2D eigenvalue weighted by Crippen LogP contribution is -2.52. The number of aliphatic hydroxyl groups is 1. The van der Waals surface area contributed by atoms with E-state index in [0.29, 0.717) is 39.4 Å². The normalized spacial score (nSPS) is 28.7. The highest BCUT2D eigenvalue weighted by atomic mass is 32.1. The molecule has 1 N–H and O–H groups in total. The summed E-state index contributed by atoms with van der Waals surface area (Å²) in [5, 5.41) is 13.4. The molecule has 2 fully saturated rings. The van der Waals surface area contributed by atoms with Crippen molar-refractivity contribution in [1.82, 2.24) is 19.4 Å². The summed E-state index contributed by atoms with van der Waals surface area (Å²) in [6, 6.07) is 3.50. The van der Waals surface area contributed by atoms with Crippen molar-refractivity contribution in [2.45, 2.75) is 44.4 Å². The molecule has 0 aromatic carbocycles. The molecule has 0 bridgehead atoms. The van der Waals surface area contributed by atoms with E-state index in [-0.39, 0.29) is 36.0 Å². The van der Waals surface area contributed by atoms with Gasteiger partial charge < -0.3 is 19.3 Å². The number of aliphatic hydroxyl groups excluding tert-OH is 1. The third-order valence-electron chi connectivity index (χ3n) is 7.95. The fourth-order valence-electron chi connectivity index (χ4n) is 6.38. The summed E-state index contributed by atoms with van der Waals surface area (Å²) in [7, 11) is 0. The van der Waals surface area contributed by atoms with Crippen LogP contribution >= 0.6 is 11.3 Å². The molecular formula is C25H30N4O4S. The number of pyridine rings is 1. The van der Waals surface area contributed by atoms with Crippen LogP contribution in [0, 0.1) is 11.8 Å². The summed E-state index contributed by atoms with van der Waals surface area (Å²) >= 11 is 1.57. The van der Waals surface area contributed by atoms with Gasteiger partial charge in [0.2, 0.25) is 5.91 Å². The number of morpholine rings is 1. The van der Waals surface area contributed by atoms with Crippen LogP contribution in [0.2, 0.25) is 0 Å². The molecule has 34 heavy (non-hydrogen) atoms. The lowest BCUT2D eigenvalue weighted by atomic mass is 9.88. The molecule has 0 spiro atoms. The number of hydrogen-bond acceptors (Lipinski definition) is 7. The number of fused-ring (bicyclic) bond motifs is 3. The molecule has 0 radical (unpaired) electrons. The van der Waals surface area contributed by atoms with E-state index in [2.05, 4.69) is 22.0 Å². The van der Waals surface area contributed by atoms with Crippen molar-refractivity contribution in [3.63, 3.8) is 0 Å². The van der Waals surface area contributed by atoms with E-state index >= 15 is 0 Å². The molecule has 2 saturated heterocycles. The first kappa shape index (κ1) is 22.2. The van der Waals surface area contributed by atoms with Crippen LogP contribution < -0.4 is 5.56 Å². The van der Waals surface area contributed by atoms with E-state index in [1.54, 1.807) is 17.5 Å². The predicted octanol–water partition coefficient (Wildman–Crippen LogP) is 1.89. The number of thiazole rings is 1. The summed E-state index contributed by atoms with van der Waals surface area (Å²) in [6.45, 7) is 3.20. The summed E-state index contributed by atoms with van der Waals surface area (Å²) in [5.74, 6) is -0.191. The smallest absolute Gasteiger partial charge is 0.258 e. The Labute approximate surface area is 202 Å². The second-order valence-corrected chi connectivity index (χ2v) is 10.6. The first-order chi connectivity index (χ1) is 16.7. The first-order valence-corrected chi connectivity index (χ1v) is 13.1. The lowest BCUT2D eigenvalue weighted by Gasteiger charge is -2.35. The first-order valence-electron chi connectivity index (χ1n) is 12.2. The molecule has 4 atom stereocenters. The van der Waals surface area contributed by atoms with E-state index in [9.17, 15) is 14.7 Å². The Bertz CT molecular complexity index is 1150. The fourth-order valence-corrected chi connectivity index (χ4v) is 7.01. The number of allylic oxidation sites excluding steroid dienone is 2. The molecule has 2 aromatic rings. The summed E-state index contributed by atoms with van der Waals surface area (Å²) < 4.78 is 7.36. The minimum Gasteiger partial charge on any atom is -0.396 e. The molecule has 1 aliphatic carbocycles. The van der Waals surface area contributed by atoms with Crippen molar-refractivity contribution < 1.29 is 14.6 Å². The number of ether oxygens (including phenoxy) is 1.